The molecule has 0 spiro atoms. The quantitative estimate of drug-likeness (QED) is 0.490. The van der Waals surface area contributed by atoms with E-state index in [1.807, 2.05) is 30.3 Å². The zero-order valence-electron chi connectivity index (χ0n) is 12.1. The lowest BCUT2D eigenvalue weighted by molar-refractivity contribution is -0.122. The number of carbonyl (C=O) groups excluding carboxylic acids is 1. The van der Waals surface area contributed by atoms with Crippen molar-refractivity contribution < 1.29 is 4.79 Å². The molecule has 0 heterocycles. The van der Waals surface area contributed by atoms with Crippen LogP contribution in [0, 0.1) is 6.92 Å². The molecule has 0 bridgehead atoms. The van der Waals surface area contributed by atoms with Crippen molar-refractivity contribution in [3.63, 3.8) is 0 Å². The predicted molar refractivity (Wildman–Crippen MR) is 88.9 cm³/mol. The normalized spacial score (nSPS) is 11.9. The van der Waals surface area contributed by atoms with E-state index in [2.05, 4.69) is 36.6 Å². The first kappa shape index (κ1) is 15.6. The summed E-state index contributed by atoms with van der Waals surface area (Å²) in [6.45, 7) is 2.09. The van der Waals surface area contributed by atoms with Crippen molar-refractivity contribution >= 4 is 17.7 Å². The summed E-state index contributed by atoms with van der Waals surface area (Å²) in [5.41, 5.74) is 5.80. The van der Waals surface area contributed by atoms with Gasteiger partial charge in [0.05, 0.1) is 5.92 Å². The molecule has 21 heavy (non-hydrogen) atoms. The summed E-state index contributed by atoms with van der Waals surface area (Å²) >= 11 is 1.75. The second kappa shape index (κ2) is 7.86. The number of benzene rings is 2. The molecule has 3 nitrogen and oxygen atoms in total. The third kappa shape index (κ3) is 4.62. The molecule has 2 rings (SSSR count). The van der Waals surface area contributed by atoms with E-state index >= 15 is 0 Å². The summed E-state index contributed by atoms with van der Waals surface area (Å²) in [4.78, 5) is 12.0. The number of rotatable bonds is 6. The zero-order chi connectivity index (χ0) is 15.1. The standard InChI is InChI=1S/C17H20N2OS/c1-13-6-5-7-14(10-13)11-21-12-16(17(20)19-18)15-8-3-2-4-9-15/h2-10,16H,11-12,18H2,1H3,(H,19,20). The molecule has 1 unspecified atom stereocenters. The van der Waals surface area contributed by atoms with Crippen LogP contribution in [-0.2, 0) is 10.5 Å². The van der Waals surface area contributed by atoms with Gasteiger partial charge in [0.15, 0.2) is 0 Å². The van der Waals surface area contributed by atoms with Gasteiger partial charge in [-0.05, 0) is 18.1 Å². The molecular formula is C17H20N2OS. The lowest BCUT2D eigenvalue weighted by atomic mass is 10.0. The van der Waals surface area contributed by atoms with E-state index in [1.54, 1.807) is 11.8 Å². The van der Waals surface area contributed by atoms with E-state index in [-0.39, 0.29) is 11.8 Å². The van der Waals surface area contributed by atoms with E-state index in [0.717, 1.165) is 11.3 Å². The number of carbonyl (C=O) groups is 1. The topological polar surface area (TPSA) is 55.1 Å². The fourth-order valence-corrected chi connectivity index (χ4v) is 3.32. The molecule has 0 radical (unpaired) electrons. The van der Waals surface area contributed by atoms with Crippen molar-refractivity contribution in [1.29, 1.82) is 0 Å². The van der Waals surface area contributed by atoms with Crippen LogP contribution in [-0.4, -0.2) is 11.7 Å². The fraction of sp³-hybridized carbons (Fsp3) is 0.235. The van der Waals surface area contributed by atoms with E-state index < -0.39 is 0 Å². The Morgan fingerprint density at radius 3 is 2.62 bits per heavy atom. The van der Waals surface area contributed by atoms with Crippen molar-refractivity contribution in [3.8, 4) is 0 Å². The van der Waals surface area contributed by atoms with Crippen LogP contribution < -0.4 is 11.3 Å². The summed E-state index contributed by atoms with van der Waals surface area (Å²) in [7, 11) is 0. The first-order valence-corrected chi connectivity index (χ1v) is 8.05. The first-order chi connectivity index (χ1) is 10.2. The maximum Gasteiger partial charge on any atom is 0.242 e. The van der Waals surface area contributed by atoms with Crippen LogP contribution in [0.4, 0.5) is 0 Å². The molecule has 1 amide bonds. The molecule has 2 aromatic carbocycles. The molecule has 4 heteroatoms. The van der Waals surface area contributed by atoms with Crippen molar-refractivity contribution in [2.45, 2.75) is 18.6 Å². The third-order valence-electron chi connectivity index (χ3n) is 3.30. The summed E-state index contributed by atoms with van der Waals surface area (Å²) < 4.78 is 0. The smallest absolute Gasteiger partial charge is 0.242 e. The molecule has 1 atom stereocenters. The van der Waals surface area contributed by atoms with Gasteiger partial charge in [0.1, 0.15) is 0 Å². The van der Waals surface area contributed by atoms with Crippen molar-refractivity contribution in [2.24, 2.45) is 5.84 Å². The molecule has 0 fully saturated rings. The Labute approximate surface area is 129 Å². The Kier molecular flexibility index (Phi) is 5.84. The minimum absolute atomic E-state index is 0.141. The maximum atomic E-state index is 12.0. The number of hydrogen-bond donors (Lipinski definition) is 2. The van der Waals surface area contributed by atoms with Gasteiger partial charge < -0.3 is 0 Å². The van der Waals surface area contributed by atoms with Crippen LogP contribution in [0.2, 0.25) is 0 Å². The second-order valence-corrected chi connectivity index (χ2v) is 6.01. The first-order valence-electron chi connectivity index (χ1n) is 6.89. The van der Waals surface area contributed by atoms with Gasteiger partial charge in [-0.3, -0.25) is 10.2 Å². The molecule has 0 aliphatic rings. The summed E-state index contributed by atoms with van der Waals surface area (Å²) in [5.74, 6) is 6.55. The Morgan fingerprint density at radius 1 is 1.19 bits per heavy atom. The Hall–Kier alpha value is -1.78. The molecule has 0 saturated carbocycles. The minimum Gasteiger partial charge on any atom is -0.294 e. The molecule has 0 aliphatic carbocycles. The van der Waals surface area contributed by atoms with E-state index in [9.17, 15) is 4.79 Å². The summed E-state index contributed by atoms with van der Waals surface area (Å²) in [6.07, 6.45) is 0. The number of thioether (sulfide) groups is 1. The van der Waals surface area contributed by atoms with Gasteiger partial charge in [-0.1, -0.05) is 60.2 Å². The maximum absolute atomic E-state index is 12.0. The highest BCUT2D eigenvalue weighted by atomic mass is 32.2. The monoisotopic (exact) mass is 300 g/mol. The average Bonchev–Trinajstić information content (AvgIpc) is 2.52. The molecule has 0 aliphatic heterocycles. The van der Waals surface area contributed by atoms with E-state index in [1.165, 1.54) is 11.1 Å². The number of hydrogen-bond acceptors (Lipinski definition) is 3. The number of amides is 1. The van der Waals surface area contributed by atoms with Crippen molar-refractivity contribution in [3.05, 3.63) is 71.3 Å². The second-order valence-electron chi connectivity index (χ2n) is 4.98. The van der Waals surface area contributed by atoms with Gasteiger partial charge in [-0.25, -0.2) is 5.84 Å². The number of hydrazine groups is 1. The predicted octanol–water partition coefficient (Wildman–Crippen LogP) is 3.00. The lowest BCUT2D eigenvalue weighted by Crippen LogP contribution is -2.35. The SMILES string of the molecule is Cc1cccc(CSCC(C(=O)NN)c2ccccc2)c1. The number of nitrogens with one attached hydrogen (secondary N) is 1. The van der Waals surface area contributed by atoms with E-state index in [4.69, 9.17) is 5.84 Å². The van der Waals surface area contributed by atoms with Gasteiger partial charge >= 0.3 is 0 Å². The molecule has 110 valence electrons. The highest BCUT2D eigenvalue weighted by Crippen LogP contribution is 2.23. The van der Waals surface area contributed by atoms with Gasteiger partial charge in [0.2, 0.25) is 5.91 Å². The van der Waals surface area contributed by atoms with Gasteiger partial charge in [-0.15, -0.1) is 0 Å². The minimum atomic E-state index is -0.217. The van der Waals surface area contributed by atoms with Crippen LogP contribution in [0.3, 0.4) is 0 Å². The average molecular weight is 300 g/mol. The third-order valence-corrected chi connectivity index (χ3v) is 4.40. The van der Waals surface area contributed by atoms with Crippen molar-refractivity contribution in [2.75, 3.05) is 5.75 Å². The van der Waals surface area contributed by atoms with Gasteiger partial charge in [0.25, 0.3) is 0 Å². The molecular weight excluding hydrogens is 280 g/mol. The molecule has 3 N–H and O–H groups in total. The summed E-state index contributed by atoms with van der Waals surface area (Å²) in [5, 5.41) is 0. The van der Waals surface area contributed by atoms with Crippen LogP contribution in [0.15, 0.2) is 54.6 Å². The molecule has 2 aromatic rings. The highest BCUT2D eigenvalue weighted by Gasteiger charge is 2.19. The Balaban J connectivity index is 1.98. The fourth-order valence-electron chi connectivity index (χ4n) is 2.21. The Morgan fingerprint density at radius 2 is 1.95 bits per heavy atom. The number of nitrogens with two attached hydrogens (primary N) is 1. The largest absolute Gasteiger partial charge is 0.294 e. The van der Waals surface area contributed by atoms with Crippen LogP contribution in [0.1, 0.15) is 22.6 Å². The number of aryl methyl sites for hydroxylation is 1. The lowest BCUT2D eigenvalue weighted by Gasteiger charge is -2.15. The van der Waals surface area contributed by atoms with E-state index in [0.29, 0.717) is 5.75 Å². The molecule has 0 aromatic heterocycles. The molecule has 0 saturated heterocycles. The van der Waals surface area contributed by atoms with Crippen molar-refractivity contribution in [1.82, 2.24) is 5.43 Å². The van der Waals surface area contributed by atoms with Gasteiger partial charge in [-0.2, -0.15) is 11.8 Å². The summed E-state index contributed by atoms with van der Waals surface area (Å²) in [6, 6.07) is 18.2. The van der Waals surface area contributed by atoms with Crippen LogP contribution in [0.5, 0.6) is 0 Å². The Bertz CT molecular complexity index is 586. The highest BCUT2D eigenvalue weighted by molar-refractivity contribution is 7.98. The van der Waals surface area contributed by atoms with Crippen LogP contribution in [0.25, 0.3) is 0 Å². The zero-order valence-corrected chi connectivity index (χ0v) is 12.9. The van der Waals surface area contributed by atoms with Gasteiger partial charge in [0, 0.05) is 11.5 Å². The van der Waals surface area contributed by atoms with Crippen LogP contribution >= 0.6 is 11.8 Å².